The third-order valence-corrected chi connectivity index (χ3v) is 4.26. The van der Waals surface area contributed by atoms with Crippen LogP contribution in [-0.2, 0) is 9.59 Å². The van der Waals surface area contributed by atoms with Gasteiger partial charge in [-0.3, -0.25) is 9.59 Å². The van der Waals surface area contributed by atoms with E-state index in [-0.39, 0.29) is 23.9 Å². The van der Waals surface area contributed by atoms with Gasteiger partial charge in [-0.15, -0.1) is 0 Å². The lowest BCUT2D eigenvalue weighted by Crippen LogP contribution is -2.63. The van der Waals surface area contributed by atoms with Gasteiger partial charge in [0.05, 0.1) is 0 Å². The Balaban J connectivity index is 1.97. The maximum Gasteiger partial charge on any atom is 0.246 e. The Morgan fingerprint density at radius 2 is 1.89 bits per heavy atom. The van der Waals surface area contributed by atoms with E-state index in [0.29, 0.717) is 12.3 Å². The number of nitrogens with one attached hydrogen (secondary N) is 1. The van der Waals surface area contributed by atoms with E-state index in [0.717, 1.165) is 32.2 Å². The van der Waals surface area contributed by atoms with Crippen LogP contribution in [0.3, 0.4) is 0 Å². The number of unbranched alkanes of at least 4 members (excludes halogenated alkanes) is 3. The van der Waals surface area contributed by atoms with Crippen LogP contribution in [0.1, 0.15) is 58.8 Å². The maximum atomic E-state index is 12.5. The van der Waals surface area contributed by atoms with E-state index in [1.165, 1.54) is 12.8 Å². The highest BCUT2D eigenvalue weighted by Crippen LogP contribution is 2.35. The molecule has 0 aromatic heterocycles. The zero-order chi connectivity index (χ0) is 13.8. The minimum Gasteiger partial charge on any atom is -0.342 e. The average Bonchev–Trinajstić information content (AvgIpc) is 3.22. The molecule has 2 atom stereocenters. The van der Waals surface area contributed by atoms with Crippen molar-refractivity contribution >= 4 is 11.8 Å². The second-order valence-corrected chi connectivity index (χ2v) is 5.84. The third-order valence-electron chi connectivity index (χ3n) is 4.26. The van der Waals surface area contributed by atoms with E-state index in [1.54, 1.807) is 0 Å². The molecule has 1 aliphatic carbocycles. The van der Waals surface area contributed by atoms with Gasteiger partial charge in [-0.05, 0) is 31.6 Å². The van der Waals surface area contributed by atoms with Crippen LogP contribution in [0.4, 0.5) is 0 Å². The van der Waals surface area contributed by atoms with Crippen LogP contribution >= 0.6 is 0 Å². The Morgan fingerprint density at radius 3 is 2.47 bits per heavy atom. The van der Waals surface area contributed by atoms with Gasteiger partial charge in [0.1, 0.15) is 12.1 Å². The van der Waals surface area contributed by atoms with E-state index in [2.05, 4.69) is 12.2 Å². The van der Waals surface area contributed by atoms with Gasteiger partial charge < -0.3 is 10.2 Å². The topological polar surface area (TPSA) is 49.4 Å². The molecule has 108 valence electrons. The molecular weight excluding hydrogens is 240 g/mol. The van der Waals surface area contributed by atoms with Crippen molar-refractivity contribution in [2.24, 2.45) is 5.92 Å². The number of piperazine rings is 1. The summed E-state index contributed by atoms with van der Waals surface area (Å²) < 4.78 is 0. The summed E-state index contributed by atoms with van der Waals surface area (Å²) in [6.45, 7) is 4.90. The average molecular weight is 266 g/mol. The van der Waals surface area contributed by atoms with Gasteiger partial charge >= 0.3 is 0 Å². The number of hydrogen-bond donors (Lipinski definition) is 1. The lowest BCUT2D eigenvalue weighted by molar-refractivity contribution is -0.150. The molecule has 1 N–H and O–H groups in total. The fraction of sp³-hybridized carbons (Fsp3) is 0.867. The molecule has 1 aliphatic heterocycles. The molecule has 0 bridgehead atoms. The fourth-order valence-electron chi connectivity index (χ4n) is 2.91. The van der Waals surface area contributed by atoms with E-state index in [9.17, 15) is 9.59 Å². The molecule has 19 heavy (non-hydrogen) atoms. The summed E-state index contributed by atoms with van der Waals surface area (Å²) >= 11 is 0. The van der Waals surface area contributed by atoms with Crippen molar-refractivity contribution in [2.75, 3.05) is 6.54 Å². The molecule has 4 nitrogen and oxygen atoms in total. The van der Waals surface area contributed by atoms with Gasteiger partial charge in [0, 0.05) is 6.54 Å². The Bertz CT molecular complexity index is 339. The van der Waals surface area contributed by atoms with Crippen LogP contribution in [0.5, 0.6) is 0 Å². The molecule has 2 amide bonds. The molecule has 2 fully saturated rings. The van der Waals surface area contributed by atoms with E-state index >= 15 is 0 Å². The summed E-state index contributed by atoms with van der Waals surface area (Å²) in [7, 11) is 0. The van der Waals surface area contributed by atoms with Crippen molar-refractivity contribution in [3.8, 4) is 0 Å². The predicted molar refractivity (Wildman–Crippen MR) is 74.6 cm³/mol. The van der Waals surface area contributed by atoms with Gasteiger partial charge in [-0.25, -0.2) is 0 Å². The zero-order valence-corrected chi connectivity index (χ0v) is 12.2. The quantitative estimate of drug-likeness (QED) is 0.717. The van der Waals surface area contributed by atoms with E-state index < -0.39 is 0 Å². The van der Waals surface area contributed by atoms with Crippen molar-refractivity contribution in [3.05, 3.63) is 0 Å². The summed E-state index contributed by atoms with van der Waals surface area (Å²) in [5, 5.41) is 2.93. The first-order valence-electron chi connectivity index (χ1n) is 7.79. The Hall–Kier alpha value is -1.06. The first-order valence-corrected chi connectivity index (χ1v) is 7.79. The first kappa shape index (κ1) is 14.4. The minimum atomic E-state index is -0.246. The number of carbonyl (C=O) groups excluding carboxylic acids is 2. The number of amides is 2. The monoisotopic (exact) mass is 266 g/mol. The molecule has 4 heteroatoms. The normalized spacial score (nSPS) is 27.6. The molecule has 0 spiro atoms. The second-order valence-electron chi connectivity index (χ2n) is 5.84. The van der Waals surface area contributed by atoms with Gasteiger partial charge in [-0.1, -0.05) is 33.1 Å². The van der Waals surface area contributed by atoms with Crippen LogP contribution in [-0.4, -0.2) is 35.3 Å². The standard InChI is InChI=1S/C15H26N2O2/c1-3-5-6-7-10-17-12(4-2)14(18)16-13(15(17)19)11-8-9-11/h11-13H,3-10H2,1-2H3,(H,16,18). The highest BCUT2D eigenvalue weighted by Gasteiger charge is 2.45. The summed E-state index contributed by atoms with van der Waals surface area (Å²) in [6, 6.07) is -0.481. The van der Waals surface area contributed by atoms with Crippen molar-refractivity contribution in [2.45, 2.75) is 70.9 Å². The highest BCUT2D eigenvalue weighted by molar-refractivity contribution is 5.97. The minimum absolute atomic E-state index is 0.0505. The Morgan fingerprint density at radius 1 is 1.16 bits per heavy atom. The summed E-state index contributed by atoms with van der Waals surface area (Å²) in [5.74, 6) is 0.604. The SMILES string of the molecule is CCCCCCN1C(=O)C(C2CC2)NC(=O)C1CC. The number of rotatable bonds is 7. The summed E-state index contributed by atoms with van der Waals surface area (Å²) in [6.07, 6.45) is 7.43. The predicted octanol–water partition coefficient (Wildman–Crippen LogP) is 2.08. The summed E-state index contributed by atoms with van der Waals surface area (Å²) in [5.41, 5.74) is 0. The molecule has 0 radical (unpaired) electrons. The molecule has 1 heterocycles. The highest BCUT2D eigenvalue weighted by atomic mass is 16.2. The van der Waals surface area contributed by atoms with Crippen LogP contribution in [0.2, 0.25) is 0 Å². The van der Waals surface area contributed by atoms with Crippen molar-refractivity contribution in [1.29, 1.82) is 0 Å². The number of nitrogens with zero attached hydrogens (tertiary/aromatic N) is 1. The molecule has 1 saturated carbocycles. The lowest BCUT2D eigenvalue weighted by Gasteiger charge is -2.39. The number of hydrogen-bond acceptors (Lipinski definition) is 2. The maximum absolute atomic E-state index is 12.5. The van der Waals surface area contributed by atoms with Crippen molar-refractivity contribution in [1.82, 2.24) is 10.2 Å². The Labute approximate surface area is 115 Å². The smallest absolute Gasteiger partial charge is 0.246 e. The van der Waals surface area contributed by atoms with E-state index in [1.807, 2.05) is 11.8 Å². The number of carbonyl (C=O) groups is 2. The molecule has 2 unspecified atom stereocenters. The van der Waals surface area contributed by atoms with Gasteiger partial charge in [0.15, 0.2) is 0 Å². The first-order chi connectivity index (χ1) is 9.19. The second kappa shape index (κ2) is 6.40. The third kappa shape index (κ3) is 3.28. The molecule has 0 aromatic rings. The largest absolute Gasteiger partial charge is 0.342 e. The molecular formula is C15H26N2O2. The van der Waals surface area contributed by atoms with Crippen molar-refractivity contribution < 1.29 is 9.59 Å². The van der Waals surface area contributed by atoms with Crippen LogP contribution in [0.25, 0.3) is 0 Å². The summed E-state index contributed by atoms with van der Waals surface area (Å²) in [4.78, 5) is 26.4. The zero-order valence-electron chi connectivity index (χ0n) is 12.2. The fourth-order valence-corrected chi connectivity index (χ4v) is 2.91. The molecule has 0 aromatic carbocycles. The van der Waals surface area contributed by atoms with Crippen molar-refractivity contribution in [3.63, 3.8) is 0 Å². The van der Waals surface area contributed by atoms with E-state index in [4.69, 9.17) is 0 Å². The van der Waals surface area contributed by atoms with Crippen LogP contribution < -0.4 is 5.32 Å². The van der Waals surface area contributed by atoms with Gasteiger partial charge in [0.2, 0.25) is 11.8 Å². The van der Waals surface area contributed by atoms with Gasteiger partial charge in [-0.2, -0.15) is 0 Å². The lowest BCUT2D eigenvalue weighted by atomic mass is 10.0. The molecule has 1 saturated heterocycles. The van der Waals surface area contributed by atoms with Gasteiger partial charge in [0.25, 0.3) is 0 Å². The Kier molecular flexibility index (Phi) is 4.83. The molecule has 2 rings (SSSR count). The molecule has 2 aliphatic rings. The van der Waals surface area contributed by atoms with Crippen LogP contribution in [0, 0.1) is 5.92 Å². The van der Waals surface area contributed by atoms with Crippen LogP contribution in [0.15, 0.2) is 0 Å².